The van der Waals surface area contributed by atoms with Crippen molar-refractivity contribution in [1.82, 2.24) is 5.32 Å². The highest BCUT2D eigenvalue weighted by molar-refractivity contribution is 7.89. The minimum absolute atomic E-state index is 0.0466. The molecule has 1 heterocycles. The maximum Gasteiger partial charge on any atom is 0.251 e. The van der Waals surface area contributed by atoms with Crippen LogP contribution in [0.5, 0.6) is 0 Å². The number of primary sulfonamides is 1. The SMILES string of the molecule is Cc1cc(C(=O)NC2CCOCC2)cc(S(N)(=O)=O)c1. The number of aryl methyl sites for hydroxylation is 1. The van der Waals surface area contributed by atoms with E-state index in [4.69, 9.17) is 9.88 Å². The number of ether oxygens (including phenoxy) is 1. The van der Waals surface area contributed by atoms with Gasteiger partial charge in [-0.2, -0.15) is 0 Å². The fourth-order valence-electron chi connectivity index (χ4n) is 2.15. The molecule has 0 radical (unpaired) electrons. The minimum Gasteiger partial charge on any atom is -0.381 e. The van der Waals surface area contributed by atoms with E-state index in [9.17, 15) is 13.2 Å². The molecule has 2 rings (SSSR count). The Kier molecular flexibility index (Phi) is 4.42. The summed E-state index contributed by atoms with van der Waals surface area (Å²) in [6.07, 6.45) is 1.53. The molecule has 6 nitrogen and oxygen atoms in total. The summed E-state index contributed by atoms with van der Waals surface area (Å²) < 4.78 is 28.0. The molecule has 20 heavy (non-hydrogen) atoms. The summed E-state index contributed by atoms with van der Waals surface area (Å²) in [4.78, 5) is 12.1. The number of rotatable bonds is 3. The summed E-state index contributed by atoms with van der Waals surface area (Å²) in [7, 11) is -3.81. The number of hydrogen-bond donors (Lipinski definition) is 2. The Morgan fingerprint density at radius 3 is 2.55 bits per heavy atom. The summed E-state index contributed by atoms with van der Waals surface area (Å²) in [5.41, 5.74) is 0.981. The number of sulfonamides is 1. The largest absolute Gasteiger partial charge is 0.381 e. The number of amides is 1. The van der Waals surface area contributed by atoms with Gasteiger partial charge in [0.25, 0.3) is 5.91 Å². The zero-order valence-electron chi connectivity index (χ0n) is 11.3. The maximum absolute atomic E-state index is 12.2. The molecule has 0 aliphatic carbocycles. The number of hydrogen-bond acceptors (Lipinski definition) is 4. The van der Waals surface area contributed by atoms with Crippen molar-refractivity contribution in [2.75, 3.05) is 13.2 Å². The molecule has 110 valence electrons. The van der Waals surface area contributed by atoms with Crippen LogP contribution in [0, 0.1) is 6.92 Å². The predicted molar refractivity (Wildman–Crippen MR) is 73.9 cm³/mol. The van der Waals surface area contributed by atoms with Crippen LogP contribution < -0.4 is 10.5 Å². The number of carbonyl (C=O) groups is 1. The van der Waals surface area contributed by atoms with Crippen LogP contribution >= 0.6 is 0 Å². The second-order valence-corrected chi connectivity index (χ2v) is 6.50. The van der Waals surface area contributed by atoms with E-state index in [1.165, 1.54) is 12.1 Å². The van der Waals surface area contributed by atoms with Gasteiger partial charge >= 0.3 is 0 Å². The molecule has 0 unspecified atom stereocenters. The summed E-state index contributed by atoms with van der Waals surface area (Å²) in [5.74, 6) is -0.287. The Morgan fingerprint density at radius 2 is 1.95 bits per heavy atom. The maximum atomic E-state index is 12.2. The zero-order valence-corrected chi connectivity index (χ0v) is 12.1. The van der Waals surface area contributed by atoms with Crippen LogP contribution in [0.1, 0.15) is 28.8 Å². The van der Waals surface area contributed by atoms with E-state index >= 15 is 0 Å². The summed E-state index contributed by atoms with van der Waals surface area (Å²) in [6, 6.07) is 4.45. The second-order valence-electron chi connectivity index (χ2n) is 4.94. The van der Waals surface area contributed by atoms with E-state index in [-0.39, 0.29) is 16.8 Å². The van der Waals surface area contributed by atoms with Crippen molar-refractivity contribution in [2.45, 2.75) is 30.7 Å². The Labute approximate surface area is 118 Å². The third kappa shape index (κ3) is 3.78. The first-order chi connectivity index (χ1) is 9.36. The molecule has 1 aliphatic heterocycles. The lowest BCUT2D eigenvalue weighted by molar-refractivity contribution is 0.0696. The van der Waals surface area contributed by atoms with E-state index in [0.29, 0.717) is 24.3 Å². The number of carbonyl (C=O) groups excluding carboxylic acids is 1. The van der Waals surface area contributed by atoms with Crippen molar-refractivity contribution in [2.24, 2.45) is 5.14 Å². The lowest BCUT2D eigenvalue weighted by atomic mass is 10.1. The van der Waals surface area contributed by atoms with E-state index < -0.39 is 10.0 Å². The monoisotopic (exact) mass is 298 g/mol. The molecule has 0 bridgehead atoms. The molecule has 0 atom stereocenters. The second kappa shape index (κ2) is 5.90. The molecule has 1 amide bonds. The van der Waals surface area contributed by atoms with Crippen LogP contribution in [0.25, 0.3) is 0 Å². The molecule has 1 aliphatic rings. The lowest BCUT2D eigenvalue weighted by Gasteiger charge is -2.23. The average Bonchev–Trinajstić information content (AvgIpc) is 2.38. The van der Waals surface area contributed by atoms with Gasteiger partial charge in [-0.3, -0.25) is 4.79 Å². The first-order valence-corrected chi connectivity index (χ1v) is 7.94. The van der Waals surface area contributed by atoms with Gasteiger partial charge in [0.15, 0.2) is 0 Å². The van der Waals surface area contributed by atoms with Crippen molar-refractivity contribution in [3.63, 3.8) is 0 Å². The third-order valence-electron chi connectivity index (χ3n) is 3.20. The Balaban J connectivity index is 2.19. The van der Waals surface area contributed by atoms with E-state index in [1.807, 2.05) is 0 Å². The van der Waals surface area contributed by atoms with E-state index in [2.05, 4.69) is 5.32 Å². The molecule has 1 saturated heterocycles. The van der Waals surface area contributed by atoms with Crippen LogP contribution in [0.15, 0.2) is 23.1 Å². The van der Waals surface area contributed by atoms with Crippen molar-refractivity contribution >= 4 is 15.9 Å². The fourth-order valence-corrected chi connectivity index (χ4v) is 2.80. The average molecular weight is 298 g/mol. The Hall–Kier alpha value is -1.44. The van der Waals surface area contributed by atoms with Crippen molar-refractivity contribution < 1.29 is 17.9 Å². The van der Waals surface area contributed by atoms with Gasteiger partial charge in [0, 0.05) is 24.8 Å². The topological polar surface area (TPSA) is 98.5 Å². The Morgan fingerprint density at radius 1 is 1.30 bits per heavy atom. The fraction of sp³-hybridized carbons (Fsp3) is 0.462. The van der Waals surface area contributed by atoms with Crippen LogP contribution in [0.2, 0.25) is 0 Å². The normalized spacial score (nSPS) is 16.9. The van der Waals surface area contributed by atoms with Crippen LogP contribution in [-0.2, 0) is 14.8 Å². The van der Waals surface area contributed by atoms with Crippen LogP contribution in [-0.4, -0.2) is 33.6 Å². The highest BCUT2D eigenvalue weighted by Crippen LogP contribution is 2.15. The molecule has 0 spiro atoms. The van der Waals surface area contributed by atoms with Crippen molar-refractivity contribution in [1.29, 1.82) is 0 Å². The number of nitrogens with one attached hydrogen (secondary N) is 1. The zero-order chi connectivity index (χ0) is 14.8. The standard InChI is InChI=1S/C13H18N2O4S/c1-9-6-10(8-12(7-9)20(14,17)18)13(16)15-11-2-4-19-5-3-11/h6-8,11H,2-5H2,1H3,(H,15,16)(H2,14,17,18). The van der Waals surface area contributed by atoms with Gasteiger partial charge < -0.3 is 10.1 Å². The van der Waals surface area contributed by atoms with Gasteiger partial charge in [-0.05, 0) is 43.5 Å². The molecule has 1 fully saturated rings. The highest BCUT2D eigenvalue weighted by Gasteiger charge is 2.18. The lowest BCUT2D eigenvalue weighted by Crippen LogP contribution is -2.39. The summed E-state index contributed by atoms with van der Waals surface area (Å²) in [5, 5.41) is 7.99. The van der Waals surface area contributed by atoms with Gasteiger partial charge in [0.1, 0.15) is 0 Å². The molecule has 1 aromatic carbocycles. The van der Waals surface area contributed by atoms with Crippen molar-refractivity contribution in [3.05, 3.63) is 29.3 Å². The molecule has 0 aromatic heterocycles. The van der Waals surface area contributed by atoms with Crippen LogP contribution in [0.4, 0.5) is 0 Å². The van der Waals surface area contributed by atoms with E-state index in [0.717, 1.165) is 12.8 Å². The number of nitrogens with two attached hydrogens (primary N) is 1. The first-order valence-electron chi connectivity index (χ1n) is 6.39. The Bertz CT molecular complexity index is 607. The molecular formula is C13H18N2O4S. The summed E-state index contributed by atoms with van der Waals surface area (Å²) >= 11 is 0. The van der Waals surface area contributed by atoms with Gasteiger partial charge in [-0.25, -0.2) is 13.6 Å². The number of benzene rings is 1. The van der Waals surface area contributed by atoms with Gasteiger partial charge in [0.05, 0.1) is 4.90 Å². The quantitative estimate of drug-likeness (QED) is 0.851. The summed E-state index contributed by atoms with van der Waals surface area (Å²) in [6.45, 7) is 2.97. The highest BCUT2D eigenvalue weighted by atomic mass is 32.2. The first kappa shape index (κ1) is 15.0. The van der Waals surface area contributed by atoms with Gasteiger partial charge in [-0.1, -0.05) is 0 Å². The molecule has 7 heteroatoms. The minimum atomic E-state index is -3.81. The van der Waals surface area contributed by atoms with Gasteiger partial charge in [-0.15, -0.1) is 0 Å². The smallest absolute Gasteiger partial charge is 0.251 e. The molecular weight excluding hydrogens is 280 g/mol. The molecule has 1 aromatic rings. The van der Waals surface area contributed by atoms with E-state index in [1.54, 1.807) is 13.0 Å². The van der Waals surface area contributed by atoms with Crippen molar-refractivity contribution in [3.8, 4) is 0 Å². The van der Waals surface area contributed by atoms with Crippen LogP contribution in [0.3, 0.4) is 0 Å². The molecule has 3 N–H and O–H groups in total. The third-order valence-corrected chi connectivity index (χ3v) is 4.09. The molecule has 0 saturated carbocycles. The van der Waals surface area contributed by atoms with Gasteiger partial charge in [0.2, 0.25) is 10.0 Å². The predicted octanol–water partition coefficient (Wildman–Crippen LogP) is 0.551.